The van der Waals surface area contributed by atoms with Gasteiger partial charge in [0, 0.05) is 18.3 Å². The maximum Gasteiger partial charge on any atom is 0.416 e. The van der Waals surface area contributed by atoms with E-state index in [0.717, 1.165) is 30.4 Å². The first kappa shape index (κ1) is 24.5. The molecule has 3 rings (SSSR count). The Morgan fingerprint density at radius 3 is 2.34 bits per heavy atom. The third-order valence-electron chi connectivity index (χ3n) is 6.56. The van der Waals surface area contributed by atoms with Crippen molar-refractivity contribution >= 4 is 17.1 Å². The number of nitrogens with one attached hydrogen (secondary N) is 1. The van der Waals surface area contributed by atoms with E-state index in [0.29, 0.717) is 23.6 Å². The second-order valence-electron chi connectivity index (χ2n) is 9.63. The average molecular weight is 447 g/mol. The van der Waals surface area contributed by atoms with Crippen molar-refractivity contribution in [3.63, 3.8) is 0 Å². The number of anilines is 3. The van der Waals surface area contributed by atoms with E-state index in [-0.39, 0.29) is 0 Å². The minimum Gasteiger partial charge on any atom is -0.367 e. The van der Waals surface area contributed by atoms with Crippen LogP contribution in [0.15, 0.2) is 42.5 Å². The van der Waals surface area contributed by atoms with Crippen LogP contribution in [0.3, 0.4) is 0 Å². The summed E-state index contributed by atoms with van der Waals surface area (Å²) in [7, 11) is 0. The van der Waals surface area contributed by atoms with Crippen LogP contribution >= 0.6 is 0 Å². The lowest BCUT2D eigenvalue weighted by molar-refractivity contribution is -0.137. The third kappa shape index (κ3) is 6.20. The molecule has 0 amide bonds. The molecule has 0 saturated heterocycles. The van der Waals surface area contributed by atoms with E-state index in [1.807, 2.05) is 0 Å². The van der Waals surface area contributed by atoms with Gasteiger partial charge in [-0.3, -0.25) is 0 Å². The Hall–Kier alpha value is -2.17. The van der Waals surface area contributed by atoms with Crippen LogP contribution in [0.5, 0.6) is 0 Å². The first-order valence-corrected chi connectivity index (χ1v) is 12.0. The van der Waals surface area contributed by atoms with Gasteiger partial charge in [0.15, 0.2) is 0 Å². The van der Waals surface area contributed by atoms with Crippen molar-refractivity contribution < 1.29 is 13.2 Å². The number of rotatable bonds is 8. The van der Waals surface area contributed by atoms with Crippen molar-refractivity contribution in [2.75, 3.05) is 16.8 Å². The van der Waals surface area contributed by atoms with Gasteiger partial charge < -0.3 is 10.2 Å². The highest BCUT2D eigenvalue weighted by Crippen LogP contribution is 2.38. The van der Waals surface area contributed by atoms with Gasteiger partial charge in [0.2, 0.25) is 0 Å². The van der Waals surface area contributed by atoms with E-state index in [1.54, 1.807) is 6.07 Å². The van der Waals surface area contributed by atoms with Gasteiger partial charge in [-0.25, -0.2) is 0 Å². The van der Waals surface area contributed by atoms with Crippen molar-refractivity contribution in [3.05, 3.63) is 53.6 Å². The minimum atomic E-state index is -4.36. The maximum absolute atomic E-state index is 13.3. The first-order valence-electron chi connectivity index (χ1n) is 12.0. The normalized spacial score (nSPS) is 16.2. The lowest BCUT2D eigenvalue weighted by Gasteiger charge is -2.38. The van der Waals surface area contributed by atoms with Crippen molar-refractivity contribution in [3.8, 4) is 0 Å². The second-order valence-corrected chi connectivity index (χ2v) is 9.63. The van der Waals surface area contributed by atoms with Crippen molar-refractivity contribution in [1.29, 1.82) is 0 Å². The maximum atomic E-state index is 13.3. The molecule has 1 saturated carbocycles. The molecule has 1 aliphatic rings. The Morgan fingerprint density at radius 1 is 1.00 bits per heavy atom. The molecule has 0 spiro atoms. The molecule has 1 aliphatic carbocycles. The van der Waals surface area contributed by atoms with Crippen LogP contribution in [0.2, 0.25) is 0 Å². The van der Waals surface area contributed by atoms with Crippen molar-refractivity contribution in [2.24, 2.45) is 5.92 Å². The van der Waals surface area contributed by atoms with E-state index in [9.17, 15) is 13.2 Å². The summed E-state index contributed by atoms with van der Waals surface area (Å²) < 4.78 is 39.8. The van der Waals surface area contributed by atoms with E-state index in [4.69, 9.17) is 0 Å². The zero-order valence-electron chi connectivity index (χ0n) is 19.8. The molecule has 2 aromatic carbocycles. The number of hydrogen-bond donors (Lipinski definition) is 1. The van der Waals surface area contributed by atoms with Crippen LogP contribution < -0.4 is 10.2 Å². The first-order chi connectivity index (χ1) is 15.2. The molecule has 0 heterocycles. The topological polar surface area (TPSA) is 15.3 Å². The summed E-state index contributed by atoms with van der Waals surface area (Å²) >= 11 is 0. The summed E-state index contributed by atoms with van der Waals surface area (Å²) in [6, 6.07) is 12.5. The highest BCUT2D eigenvalue weighted by Gasteiger charge is 2.30. The summed E-state index contributed by atoms with van der Waals surface area (Å²) in [6.45, 7) is 9.73. The molecule has 2 nitrogen and oxygen atoms in total. The van der Waals surface area contributed by atoms with Gasteiger partial charge in [-0.05, 0) is 67.0 Å². The van der Waals surface area contributed by atoms with Crippen LogP contribution in [-0.2, 0) is 6.18 Å². The predicted molar refractivity (Wildman–Crippen MR) is 129 cm³/mol. The molecule has 176 valence electrons. The van der Waals surface area contributed by atoms with E-state index in [1.165, 1.54) is 49.8 Å². The number of halogens is 3. The molecule has 1 N–H and O–H groups in total. The van der Waals surface area contributed by atoms with Crippen LogP contribution in [0, 0.1) is 5.92 Å². The smallest absolute Gasteiger partial charge is 0.367 e. The van der Waals surface area contributed by atoms with Gasteiger partial charge in [0.05, 0.1) is 16.9 Å². The fourth-order valence-corrected chi connectivity index (χ4v) is 4.61. The quantitative estimate of drug-likeness (QED) is 0.436. The van der Waals surface area contributed by atoms with E-state index in [2.05, 4.69) is 56.1 Å². The number of alkyl halides is 3. The van der Waals surface area contributed by atoms with Crippen molar-refractivity contribution in [1.82, 2.24) is 0 Å². The molecule has 0 aliphatic heterocycles. The Kier molecular flexibility index (Phi) is 8.13. The molecule has 0 aromatic heterocycles. The van der Waals surface area contributed by atoms with E-state index >= 15 is 0 Å². The van der Waals surface area contributed by atoms with Crippen LogP contribution in [0.25, 0.3) is 0 Å². The standard InChI is InChI=1S/C27H37F3N2/c1-5-20(4)21-14-15-26(32(18-19(2)3)24-12-7-6-8-13-24)25(16-21)31-23-11-9-10-22(17-23)27(28,29)30/h9-11,14-17,19-20,24,31H,5-8,12-13,18H2,1-4H3. The molecular formula is C27H37F3N2. The van der Waals surface area contributed by atoms with Gasteiger partial charge in [0.1, 0.15) is 0 Å². The van der Waals surface area contributed by atoms with Gasteiger partial charge in [-0.1, -0.05) is 59.1 Å². The molecule has 2 aromatic rings. The minimum absolute atomic E-state index is 0.388. The molecule has 1 fully saturated rings. The molecule has 1 atom stereocenters. The summed E-state index contributed by atoms with van der Waals surface area (Å²) in [5.74, 6) is 0.881. The molecule has 1 unspecified atom stereocenters. The van der Waals surface area contributed by atoms with Crippen LogP contribution in [0.1, 0.15) is 83.3 Å². The Labute approximate surface area is 191 Å². The van der Waals surface area contributed by atoms with Crippen molar-refractivity contribution in [2.45, 2.75) is 84.4 Å². The molecular weight excluding hydrogens is 409 g/mol. The summed E-state index contributed by atoms with van der Waals surface area (Å²) in [5.41, 5.74) is 3.03. The summed E-state index contributed by atoms with van der Waals surface area (Å²) in [5, 5.41) is 3.36. The Bertz CT molecular complexity index is 869. The molecule has 0 radical (unpaired) electrons. The average Bonchev–Trinajstić information content (AvgIpc) is 2.77. The van der Waals surface area contributed by atoms with Crippen LogP contribution in [-0.4, -0.2) is 12.6 Å². The third-order valence-corrected chi connectivity index (χ3v) is 6.56. The predicted octanol–water partition coefficient (Wildman–Crippen LogP) is 8.76. The highest BCUT2D eigenvalue weighted by molar-refractivity contribution is 5.77. The van der Waals surface area contributed by atoms with E-state index < -0.39 is 11.7 Å². The zero-order valence-corrected chi connectivity index (χ0v) is 19.8. The van der Waals surface area contributed by atoms with Crippen LogP contribution in [0.4, 0.5) is 30.2 Å². The highest BCUT2D eigenvalue weighted by atomic mass is 19.4. The van der Waals surface area contributed by atoms with Gasteiger partial charge >= 0.3 is 6.18 Å². The molecule has 0 bridgehead atoms. The van der Waals surface area contributed by atoms with Gasteiger partial charge in [-0.2, -0.15) is 13.2 Å². The number of nitrogens with zero attached hydrogens (tertiary/aromatic N) is 1. The summed E-state index contributed by atoms with van der Waals surface area (Å²) in [6.07, 6.45) is 2.76. The SMILES string of the molecule is CCC(C)c1ccc(N(CC(C)C)C2CCCCC2)c(Nc2cccc(C(F)(F)F)c2)c1. The molecule has 32 heavy (non-hydrogen) atoms. The lowest BCUT2D eigenvalue weighted by atomic mass is 9.92. The molecule has 5 heteroatoms. The zero-order chi connectivity index (χ0) is 23.3. The summed E-state index contributed by atoms with van der Waals surface area (Å²) in [4.78, 5) is 2.50. The lowest BCUT2D eigenvalue weighted by Crippen LogP contribution is -2.39. The second kappa shape index (κ2) is 10.6. The van der Waals surface area contributed by atoms with Gasteiger partial charge in [-0.15, -0.1) is 0 Å². The van der Waals surface area contributed by atoms with Gasteiger partial charge in [0.25, 0.3) is 0 Å². The fraction of sp³-hybridized carbons (Fsp3) is 0.556. The monoisotopic (exact) mass is 446 g/mol. The number of hydrogen-bond acceptors (Lipinski definition) is 2. The fourth-order valence-electron chi connectivity index (χ4n) is 4.61. The largest absolute Gasteiger partial charge is 0.416 e. The Morgan fingerprint density at radius 2 is 1.72 bits per heavy atom. The number of benzene rings is 2. The Balaban J connectivity index is 2.03.